The van der Waals surface area contributed by atoms with E-state index in [1.165, 1.54) is 0 Å². The molecule has 96 valence electrons. The summed E-state index contributed by atoms with van der Waals surface area (Å²) in [5.74, 6) is 0.758. The zero-order valence-electron chi connectivity index (χ0n) is 10.9. The third-order valence-corrected chi connectivity index (χ3v) is 3.00. The maximum absolute atomic E-state index is 8.87. The summed E-state index contributed by atoms with van der Waals surface area (Å²) in [6, 6.07) is 15.3. The molecule has 19 heavy (non-hydrogen) atoms. The molecule has 2 N–H and O–H groups in total. The first-order valence-corrected chi connectivity index (χ1v) is 6.17. The summed E-state index contributed by atoms with van der Waals surface area (Å²) >= 11 is 0. The van der Waals surface area contributed by atoms with Gasteiger partial charge in [0.25, 0.3) is 0 Å². The van der Waals surface area contributed by atoms with E-state index in [0.717, 1.165) is 29.0 Å². The van der Waals surface area contributed by atoms with E-state index in [9.17, 15) is 0 Å². The van der Waals surface area contributed by atoms with Crippen LogP contribution in [0.15, 0.2) is 42.5 Å². The lowest BCUT2D eigenvalue weighted by molar-refractivity contribution is 0.320. The van der Waals surface area contributed by atoms with Gasteiger partial charge in [-0.1, -0.05) is 24.3 Å². The van der Waals surface area contributed by atoms with Crippen molar-refractivity contribution in [2.75, 3.05) is 12.3 Å². The van der Waals surface area contributed by atoms with E-state index in [1.807, 2.05) is 37.3 Å². The van der Waals surface area contributed by atoms with E-state index in [4.69, 9.17) is 15.7 Å². The number of para-hydroxylation sites is 1. The maximum Gasteiger partial charge on any atom is 0.123 e. The number of ether oxygens (including phenoxy) is 1. The first-order valence-electron chi connectivity index (χ1n) is 6.17. The fraction of sp³-hybridized carbons (Fsp3) is 0.188. The summed E-state index contributed by atoms with van der Waals surface area (Å²) in [4.78, 5) is 0. The van der Waals surface area contributed by atoms with Gasteiger partial charge in [0.15, 0.2) is 0 Å². The van der Waals surface area contributed by atoms with E-state index in [-0.39, 0.29) is 0 Å². The van der Waals surface area contributed by atoms with Gasteiger partial charge in [0.1, 0.15) is 5.75 Å². The number of aryl methyl sites for hydroxylation is 1. The molecule has 3 nitrogen and oxygen atoms in total. The Morgan fingerprint density at radius 2 is 2.00 bits per heavy atom. The number of hydrogen-bond donors (Lipinski definition) is 1. The van der Waals surface area contributed by atoms with Crippen LogP contribution in [-0.2, 0) is 6.42 Å². The van der Waals surface area contributed by atoms with E-state index >= 15 is 0 Å². The maximum atomic E-state index is 8.87. The van der Waals surface area contributed by atoms with Crippen molar-refractivity contribution in [1.29, 1.82) is 5.26 Å². The van der Waals surface area contributed by atoms with Gasteiger partial charge in [0.05, 0.1) is 18.2 Å². The van der Waals surface area contributed by atoms with Crippen LogP contribution in [0.1, 0.15) is 16.7 Å². The van der Waals surface area contributed by atoms with Crippen LogP contribution in [0.2, 0.25) is 0 Å². The zero-order chi connectivity index (χ0) is 13.7. The van der Waals surface area contributed by atoms with E-state index < -0.39 is 0 Å². The summed E-state index contributed by atoms with van der Waals surface area (Å²) in [5.41, 5.74) is 9.38. The highest BCUT2D eigenvalue weighted by atomic mass is 16.5. The lowest BCUT2D eigenvalue weighted by Crippen LogP contribution is -2.04. The van der Waals surface area contributed by atoms with Crippen molar-refractivity contribution in [2.24, 2.45) is 0 Å². The number of benzene rings is 2. The van der Waals surface area contributed by atoms with E-state index in [0.29, 0.717) is 12.2 Å². The van der Waals surface area contributed by atoms with Crippen molar-refractivity contribution in [1.82, 2.24) is 0 Å². The van der Waals surface area contributed by atoms with Crippen molar-refractivity contribution in [3.8, 4) is 11.8 Å². The molecule has 0 aliphatic carbocycles. The second-order valence-electron chi connectivity index (χ2n) is 4.39. The highest BCUT2D eigenvalue weighted by molar-refractivity contribution is 5.46. The highest BCUT2D eigenvalue weighted by Crippen LogP contribution is 2.20. The normalized spacial score (nSPS) is 9.89. The molecule has 2 aromatic rings. The molecular formula is C16H16N2O. The van der Waals surface area contributed by atoms with Crippen molar-refractivity contribution in [3.63, 3.8) is 0 Å². The predicted molar refractivity (Wildman–Crippen MR) is 75.9 cm³/mol. The Balaban J connectivity index is 2.00. The molecule has 0 radical (unpaired) electrons. The molecular weight excluding hydrogens is 236 g/mol. The van der Waals surface area contributed by atoms with Crippen LogP contribution in [0, 0.1) is 18.3 Å². The number of nitrogen functional groups attached to an aromatic ring is 1. The average Bonchev–Trinajstić information content (AvgIpc) is 2.43. The smallest absolute Gasteiger partial charge is 0.123 e. The summed E-state index contributed by atoms with van der Waals surface area (Å²) in [7, 11) is 0. The Morgan fingerprint density at radius 1 is 1.21 bits per heavy atom. The summed E-state index contributed by atoms with van der Waals surface area (Å²) < 4.78 is 5.73. The SMILES string of the molecule is Cc1ccc(C#N)cc1OCCc1ccccc1N. The van der Waals surface area contributed by atoms with Crippen molar-refractivity contribution < 1.29 is 4.74 Å². The largest absolute Gasteiger partial charge is 0.493 e. The monoisotopic (exact) mass is 252 g/mol. The third kappa shape index (κ3) is 3.26. The van der Waals surface area contributed by atoms with Gasteiger partial charge in [-0.2, -0.15) is 5.26 Å². The Hall–Kier alpha value is -2.47. The van der Waals surface area contributed by atoms with Crippen LogP contribution in [0.4, 0.5) is 5.69 Å². The minimum atomic E-state index is 0.546. The van der Waals surface area contributed by atoms with Crippen LogP contribution >= 0.6 is 0 Å². The Labute approximate surface area is 113 Å². The van der Waals surface area contributed by atoms with Gasteiger partial charge in [-0.05, 0) is 36.2 Å². The van der Waals surface area contributed by atoms with Gasteiger partial charge in [0, 0.05) is 12.1 Å². The minimum Gasteiger partial charge on any atom is -0.493 e. The molecule has 2 rings (SSSR count). The first-order chi connectivity index (χ1) is 9.20. The molecule has 0 aromatic heterocycles. The van der Waals surface area contributed by atoms with Crippen molar-refractivity contribution >= 4 is 5.69 Å². The first kappa shape index (κ1) is 13.0. The summed E-state index contributed by atoms with van der Waals surface area (Å²) in [6.45, 7) is 2.51. The second kappa shape index (κ2) is 5.92. The number of nitriles is 1. The molecule has 0 aliphatic rings. The quantitative estimate of drug-likeness (QED) is 0.851. The van der Waals surface area contributed by atoms with Crippen LogP contribution in [0.5, 0.6) is 5.75 Å². The lowest BCUT2D eigenvalue weighted by Gasteiger charge is -2.10. The van der Waals surface area contributed by atoms with Gasteiger partial charge in [-0.3, -0.25) is 0 Å². The van der Waals surface area contributed by atoms with Crippen LogP contribution in [-0.4, -0.2) is 6.61 Å². The number of nitrogens with two attached hydrogens (primary N) is 1. The van der Waals surface area contributed by atoms with Gasteiger partial charge < -0.3 is 10.5 Å². The van der Waals surface area contributed by atoms with Gasteiger partial charge in [0.2, 0.25) is 0 Å². The number of hydrogen-bond acceptors (Lipinski definition) is 3. The topological polar surface area (TPSA) is 59.0 Å². The molecule has 0 bridgehead atoms. The minimum absolute atomic E-state index is 0.546. The Kier molecular flexibility index (Phi) is 4.04. The van der Waals surface area contributed by atoms with Crippen LogP contribution in [0.25, 0.3) is 0 Å². The Bertz CT molecular complexity index is 614. The number of anilines is 1. The predicted octanol–water partition coefficient (Wildman–Crippen LogP) is 3.07. The second-order valence-corrected chi connectivity index (χ2v) is 4.39. The van der Waals surface area contributed by atoms with Gasteiger partial charge in [-0.25, -0.2) is 0 Å². The molecule has 0 heterocycles. The molecule has 0 aliphatic heterocycles. The average molecular weight is 252 g/mol. The molecule has 0 atom stereocenters. The molecule has 0 unspecified atom stereocenters. The van der Waals surface area contributed by atoms with Crippen LogP contribution < -0.4 is 10.5 Å². The van der Waals surface area contributed by atoms with Crippen LogP contribution in [0.3, 0.4) is 0 Å². The molecule has 0 spiro atoms. The van der Waals surface area contributed by atoms with Crippen molar-refractivity contribution in [2.45, 2.75) is 13.3 Å². The zero-order valence-corrected chi connectivity index (χ0v) is 10.9. The van der Waals surface area contributed by atoms with E-state index in [2.05, 4.69) is 6.07 Å². The van der Waals surface area contributed by atoms with E-state index in [1.54, 1.807) is 12.1 Å². The lowest BCUT2D eigenvalue weighted by atomic mass is 10.1. The fourth-order valence-corrected chi connectivity index (χ4v) is 1.86. The third-order valence-electron chi connectivity index (χ3n) is 3.00. The molecule has 0 amide bonds. The summed E-state index contributed by atoms with van der Waals surface area (Å²) in [6.07, 6.45) is 0.753. The molecule has 2 aromatic carbocycles. The fourth-order valence-electron chi connectivity index (χ4n) is 1.86. The standard InChI is InChI=1S/C16H16N2O/c1-12-6-7-13(11-17)10-16(12)19-9-8-14-4-2-3-5-15(14)18/h2-7,10H,8-9,18H2,1H3. The molecule has 0 saturated carbocycles. The Morgan fingerprint density at radius 3 is 2.74 bits per heavy atom. The van der Waals surface area contributed by atoms with Crippen molar-refractivity contribution in [3.05, 3.63) is 59.2 Å². The molecule has 0 saturated heterocycles. The van der Waals surface area contributed by atoms with Gasteiger partial charge >= 0.3 is 0 Å². The summed E-state index contributed by atoms with van der Waals surface area (Å²) in [5, 5.41) is 8.87. The van der Waals surface area contributed by atoms with Gasteiger partial charge in [-0.15, -0.1) is 0 Å². The number of rotatable bonds is 4. The molecule has 3 heteroatoms. The molecule has 0 fully saturated rings. The number of nitrogens with zero attached hydrogens (tertiary/aromatic N) is 1. The highest BCUT2D eigenvalue weighted by Gasteiger charge is 2.03.